The lowest BCUT2D eigenvalue weighted by Crippen LogP contribution is -2.35. The van der Waals surface area contributed by atoms with Crippen LogP contribution in [0.3, 0.4) is 0 Å². The second-order valence-electron chi connectivity index (χ2n) is 5.16. The number of benzene rings is 1. The highest BCUT2D eigenvalue weighted by atomic mass is 16.5. The Kier molecular flexibility index (Phi) is 4.19. The molecule has 3 unspecified atom stereocenters. The van der Waals surface area contributed by atoms with Crippen LogP contribution < -0.4 is 5.32 Å². The summed E-state index contributed by atoms with van der Waals surface area (Å²) in [5.41, 5.74) is 2.76. The molecular formula is C15H23NO. The van der Waals surface area contributed by atoms with Gasteiger partial charge in [0.05, 0.1) is 6.61 Å². The Morgan fingerprint density at radius 3 is 2.71 bits per heavy atom. The van der Waals surface area contributed by atoms with Crippen molar-refractivity contribution in [2.24, 2.45) is 5.92 Å². The number of rotatable bonds is 4. The monoisotopic (exact) mass is 233 g/mol. The van der Waals surface area contributed by atoms with Gasteiger partial charge < -0.3 is 10.1 Å². The van der Waals surface area contributed by atoms with E-state index in [1.54, 1.807) is 0 Å². The third-order valence-corrected chi connectivity index (χ3v) is 3.84. The van der Waals surface area contributed by atoms with Crippen molar-refractivity contribution < 1.29 is 4.74 Å². The van der Waals surface area contributed by atoms with Crippen molar-refractivity contribution in [2.75, 3.05) is 13.2 Å². The lowest BCUT2D eigenvalue weighted by atomic mass is 9.97. The van der Waals surface area contributed by atoms with Gasteiger partial charge >= 0.3 is 0 Å². The quantitative estimate of drug-likeness (QED) is 0.863. The van der Waals surface area contributed by atoms with Crippen LogP contribution in [0.1, 0.15) is 37.4 Å². The maximum Gasteiger partial charge on any atom is 0.0509 e. The van der Waals surface area contributed by atoms with Crippen molar-refractivity contribution in [1.29, 1.82) is 0 Å². The van der Waals surface area contributed by atoms with Gasteiger partial charge in [0.15, 0.2) is 0 Å². The molecule has 2 rings (SSSR count). The van der Waals surface area contributed by atoms with Crippen LogP contribution in [0.25, 0.3) is 0 Å². The first kappa shape index (κ1) is 12.6. The van der Waals surface area contributed by atoms with Crippen LogP contribution in [0.2, 0.25) is 0 Å². The van der Waals surface area contributed by atoms with Gasteiger partial charge in [-0.15, -0.1) is 0 Å². The minimum absolute atomic E-state index is 0.409. The van der Waals surface area contributed by atoms with Crippen LogP contribution in [-0.4, -0.2) is 19.3 Å². The van der Waals surface area contributed by atoms with Crippen LogP contribution in [0.4, 0.5) is 0 Å². The van der Waals surface area contributed by atoms with Crippen molar-refractivity contribution in [2.45, 2.75) is 39.3 Å². The van der Waals surface area contributed by atoms with Crippen molar-refractivity contribution in [1.82, 2.24) is 5.32 Å². The lowest BCUT2D eigenvalue weighted by molar-refractivity contribution is 0.177. The molecule has 1 aliphatic rings. The summed E-state index contributed by atoms with van der Waals surface area (Å²) in [5.74, 6) is 0.668. The molecule has 3 atom stereocenters. The van der Waals surface area contributed by atoms with E-state index >= 15 is 0 Å². The highest BCUT2D eigenvalue weighted by Crippen LogP contribution is 2.21. The van der Waals surface area contributed by atoms with Gasteiger partial charge in [0.1, 0.15) is 0 Å². The highest BCUT2D eigenvalue weighted by Gasteiger charge is 2.23. The average Bonchev–Trinajstić information content (AvgIpc) is 2.82. The maximum absolute atomic E-state index is 5.45. The molecular weight excluding hydrogens is 210 g/mol. The largest absolute Gasteiger partial charge is 0.381 e. The van der Waals surface area contributed by atoms with E-state index in [0.29, 0.717) is 18.0 Å². The summed E-state index contributed by atoms with van der Waals surface area (Å²) in [4.78, 5) is 0. The van der Waals surface area contributed by atoms with E-state index in [1.807, 2.05) is 0 Å². The molecule has 1 aromatic carbocycles. The van der Waals surface area contributed by atoms with Crippen LogP contribution >= 0.6 is 0 Å². The fourth-order valence-electron chi connectivity index (χ4n) is 2.64. The van der Waals surface area contributed by atoms with Crippen LogP contribution in [-0.2, 0) is 4.74 Å². The Labute approximate surface area is 104 Å². The normalized spacial score (nSPS) is 23.6. The van der Waals surface area contributed by atoms with E-state index in [9.17, 15) is 0 Å². The van der Waals surface area contributed by atoms with Gasteiger partial charge in [-0.3, -0.25) is 0 Å². The fraction of sp³-hybridized carbons (Fsp3) is 0.600. The molecule has 2 nitrogen and oxygen atoms in total. The van der Waals surface area contributed by atoms with E-state index in [0.717, 1.165) is 13.2 Å². The Balaban J connectivity index is 1.96. The number of aryl methyl sites for hydroxylation is 1. The molecule has 94 valence electrons. The topological polar surface area (TPSA) is 21.3 Å². The van der Waals surface area contributed by atoms with Crippen molar-refractivity contribution >= 4 is 0 Å². The summed E-state index contributed by atoms with van der Waals surface area (Å²) in [6.07, 6.45) is 1.19. The summed E-state index contributed by atoms with van der Waals surface area (Å²) in [7, 11) is 0. The molecule has 0 bridgehead atoms. The SMILES string of the molecule is Cc1ccccc1C(C)NC(C)C1CCOC1. The Bertz CT molecular complexity index is 358. The van der Waals surface area contributed by atoms with Gasteiger partial charge in [-0.05, 0) is 44.2 Å². The van der Waals surface area contributed by atoms with Gasteiger partial charge in [0.25, 0.3) is 0 Å². The van der Waals surface area contributed by atoms with E-state index < -0.39 is 0 Å². The standard InChI is InChI=1S/C15H23NO/c1-11-6-4-5-7-15(11)13(3)16-12(2)14-8-9-17-10-14/h4-7,12-14,16H,8-10H2,1-3H3. The number of hydrogen-bond acceptors (Lipinski definition) is 2. The molecule has 0 spiro atoms. The Morgan fingerprint density at radius 2 is 2.06 bits per heavy atom. The first-order valence-electron chi connectivity index (χ1n) is 6.58. The molecule has 1 N–H and O–H groups in total. The first-order chi connectivity index (χ1) is 8.18. The third-order valence-electron chi connectivity index (χ3n) is 3.84. The van der Waals surface area contributed by atoms with Gasteiger partial charge in [-0.2, -0.15) is 0 Å². The molecule has 1 aromatic rings. The zero-order valence-corrected chi connectivity index (χ0v) is 11.1. The third kappa shape index (κ3) is 3.08. The summed E-state index contributed by atoms with van der Waals surface area (Å²) in [6.45, 7) is 8.53. The van der Waals surface area contributed by atoms with Crippen molar-refractivity contribution in [3.63, 3.8) is 0 Å². The fourth-order valence-corrected chi connectivity index (χ4v) is 2.64. The predicted molar refractivity (Wildman–Crippen MR) is 71.1 cm³/mol. The first-order valence-corrected chi connectivity index (χ1v) is 6.58. The number of hydrogen-bond donors (Lipinski definition) is 1. The lowest BCUT2D eigenvalue weighted by Gasteiger charge is -2.25. The Morgan fingerprint density at radius 1 is 1.29 bits per heavy atom. The van der Waals surface area contributed by atoms with Crippen LogP contribution in [0.15, 0.2) is 24.3 Å². The molecule has 1 fully saturated rings. The molecule has 0 amide bonds. The Hall–Kier alpha value is -0.860. The van der Waals surface area contributed by atoms with Crippen LogP contribution in [0.5, 0.6) is 0 Å². The summed E-state index contributed by atoms with van der Waals surface area (Å²) in [5, 5.41) is 3.70. The minimum atomic E-state index is 0.409. The molecule has 0 radical (unpaired) electrons. The molecule has 17 heavy (non-hydrogen) atoms. The zero-order chi connectivity index (χ0) is 12.3. The predicted octanol–water partition coefficient (Wildman–Crippen LogP) is 3.07. The van der Waals surface area contributed by atoms with Gasteiger partial charge in [0.2, 0.25) is 0 Å². The molecule has 1 heterocycles. The van der Waals surface area contributed by atoms with Crippen molar-refractivity contribution in [3.8, 4) is 0 Å². The van der Waals surface area contributed by atoms with Gasteiger partial charge in [-0.25, -0.2) is 0 Å². The summed E-state index contributed by atoms with van der Waals surface area (Å²) >= 11 is 0. The highest BCUT2D eigenvalue weighted by molar-refractivity contribution is 5.28. The maximum atomic E-state index is 5.45. The summed E-state index contributed by atoms with van der Waals surface area (Å²) in [6, 6.07) is 9.53. The zero-order valence-electron chi connectivity index (χ0n) is 11.1. The molecule has 1 saturated heterocycles. The van der Waals surface area contributed by atoms with Gasteiger partial charge in [-0.1, -0.05) is 24.3 Å². The second-order valence-corrected chi connectivity index (χ2v) is 5.16. The molecule has 0 aromatic heterocycles. The molecule has 2 heteroatoms. The van der Waals surface area contributed by atoms with E-state index in [2.05, 4.69) is 50.4 Å². The minimum Gasteiger partial charge on any atom is -0.381 e. The van der Waals surface area contributed by atoms with E-state index in [-0.39, 0.29) is 0 Å². The average molecular weight is 233 g/mol. The second kappa shape index (κ2) is 5.65. The summed E-state index contributed by atoms with van der Waals surface area (Å²) < 4.78 is 5.45. The molecule has 1 aliphatic heterocycles. The van der Waals surface area contributed by atoms with E-state index in [4.69, 9.17) is 4.74 Å². The molecule has 0 saturated carbocycles. The molecule has 0 aliphatic carbocycles. The number of ether oxygens (including phenoxy) is 1. The smallest absolute Gasteiger partial charge is 0.0509 e. The van der Waals surface area contributed by atoms with Crippen molar-refractivity contribution in [3.05, 3.63) is 35.4 Å². The number of nitrogens with one attached hydrogen (secondary N) is 1. The van der Waals surface area contributed by atoms with E-state index in [1.165, 1.54) is 17.5 Å². The van der Waals surface area contributed by atoms with Gasteiger partial charge in [0, 0.05) is 18.7 Å². The van der Waals surface area contributed by atoms with Crippen LogP contribution in [0, 0.1) is 12.8 Å².